The Kier molecular flexibility index (Phi) is 5.33. The van der Waals surface area contributed by atoms with Gasteiger partial charge in [0.25, 0.3) is 0 Å². The molecule has 2 amide bonds. The molecule has 0 bridgehead atoms. The van der Waals surface area contributed by atoms with Crippen molar-refractivity contribution in [2.45, 2.75) is 31.4 Å². The second-order valence-electron chi connectivity index (χ2n) is 6.54. The van der Waals surface area contributed by atoms with E-state index in [2.05, 4.69) is 15.7 Å². The van der Waals surface area contributed by atoms with Crippen molar-refractivity contribution in [1.29, 1.82) is 0 Å². The Hall–Kier alpha value is -2.41. The number of nitrogens with zero attached hydrogens (tertiary/aromatic N) is 2. The Balaban J connectivity index is 1.57. The third-order valence-electron chi connectivity index (χ3n) is 4.70. The number of amides is 2. The maximum atomic E-state index is 13.1. The molecule has 0 aliphatic heterocycles. The highest BCUT2D eigenvalue weighted by atomic mass is 19.1. The Morgan fingerprint density at radius 1 is 1.36 bits per heavy atom. The van der Waals surface area contributed by atoms with E-state index in [1.807, 2.05) is 0 Å². The summed E-state index contributed by atoms with van der Waals surface area (Å²) < 4.78 is 14.7. The highest BCUT2D eigenvalue weighted by molar-refractivity contribution is 5.74. The SMILES string of the molecule is Cn1cc([C@@H](O)CNC(=O)N[C@H](c2ccc(F)cc2)C2CCC2)cn1. The molecule has 1 heterocycles. The van der Waals surface area contributed by atoms with Crippen molar-refractivity contribution in [2.75, 3.05) is 6.54 Å². The van der Waals surface area contributed by atoms with Crippen LogP contribution in [-0.4, -0.2) is 27.5 Å². The van der Waals surface area contributed by atoms with Crippen LogP contribution < -0.4 is 10.6 Å². The molecule has 2 aromatic rings. The highest BCUT2D eigenvalue weighted by Crippen LogP contribution is 2.37. The number of rotatable bonds is 6. The minimum Gasteiger partial charge on any atom is -0.386 e. The maximum Gasteiger partial charge on any atom is 0.315 e. The van der Waals surface area contributed by atoms with Gasteiger partial charge in [0, 0.05) is 25.4 Å². The van der Waals surface area contributed by atoms with Gasteiger partial charge in [0.15, 0.2) is 0 Å². The van der Waals surface area contributed by atoms with Crippen LogP contribution in [0.15, 0.2) is 36.7 Å². The molecule has 1 fully saturated rings. The van der Waals surface area contributed by atoms with E-state index in [9.17, 15) is 14.3 Å². The predicted octanol–water partition coefficient (Wildman–Crippen LogP) is 2.43. The van der Waals surface area contributed by atoms with E-state index in [0.717, 1.165) is 24.8 Å². The number of aliphatic hydroxyl groups excluding tert-OH is 1. The van der Waals surface area contributed by atoms with Gasteiger partial charge in [-0.1, -0.05) is 18.6 Å². The van der Waals surface area contributed by atoms with Gasteiger partial charge in [-0.2, -0.15) is 5.10 Å². The summed E-state index contributed by atoms with van der Waals surface area (Å²) in [6.07, 6.45) is 5.69. The lowest BCUT2D eigenvalue weighted by molar-refractivity contribution is 0.169. The Labute approximate surface area is 146 Å². The van der Waals surface area contributed by atoms with Gasteiger partial charge in [0.2, 0.25) is 0 Å². The first-order valence-corrected chi connectivity index (χ1v) is 8.49. The molecule has 1 aliphatic rings. The summed E-state index contributed by atoms with van der Waals surface area (Å²) in [5.74, 6) is 0.0691. The zero-order chi connectivity index (χ0) is 17.8. The van der Waals surface area contributed by atoms with Crippen molar-refractivity contribution in [3.63, 3.8) is 0 Å². The molecule has 0 saturated heterocycles. The molecule has 0 spiro atoms. The van der Waals surface area contributed by atoms with Crippen LogP contribution >= 0.6 is 0 Å². The van der Waals surface area contributed by atoms with E-state index in [4.69, 9.17) is 0 Å². The molecule has 0 radical (unpaired) electrons. The molecule has 6 nitrogen and oxygen atoms in total. The first-order chi connectivity index (χ1) is 12.0. The first kappa shape index (κ1) is 17.4. The molecule has 25 heavy (non-hydrogen) atoms. The molecular weight excluding hydrogens is 323 g/mol. The molecule has 3 N–H and O–H groups in total. The van der Waals surface area contributed by atoms with Gasteiger partial charge < -0.3 is 15.7 Å². The fraction of sp³-hybridized carbons (Fsp3) is 0.444. The third kappa shape index (κ3) is 4.36. The van der Waals surface area contributed by atoms with E-state index in [0.29, 0.717) is 11.5 Å². The van der Waals surface area contributed by atoms with Gasteiger partial charge in [-0.3, -0.25) is 4.68 Å². The van der Waals surface area contributed by atoms with Crippen molar-refractivity contribution >= 4 is 6.03 Å². The van der Waals surface area contributed by atoms with Crippen LogP contribution in [-0.2, 0) is 7.05 Å². The van der Waals surface area contributed by atoms with Crippen LogP contribution in [0, 0.1) is 11.7 Å². The molecule has 1 saturated carbocycles. The van der Waals surface area contributed by atoms with E-state index in [1.54, 1.807) is 36.3 Å². The average molecular weight is 346 g/mol. The summed E-state index contributed by atoms with van der Waals surface area (Å²) in [5, 5.41) is 19.7. The predicted molar refractivity (Wildman–Crippen MR) is 91.2 cm³/mol. The molecule has 1 aromatic heterocycles. The molecule has 2 atom stereocenters. The van der Waals surface area contributed by atoms with Crippen molar-refractivity contribution in [3.8, 4) is 0 Å². The molecule has 134 valence electrons. The number of halogens is 1. The van der Waals surface area contributed by atoms with Gasteiger partial charge in [-0.25, -0.2) is 9.18 Å². The van der Waals surface area contributed by atoms with Crippen molar-refractivity contribution in [3.05, 3.63) is 53.6 Å². The van der Waals surface area contributed by atoms with Crippen LogP contribution in [0.3, 0.4) is 0 Å². The minimum atomic E-state index is -0.813. The van der Waals surface area contributed by atoms with Gasteiger partial charge in [-0.15, -0.1) is 0 Å². The standard InChI is InChI=1S/C18H23FN4O2/c1-23-11-14(9-21-23)16(24)10-20-18(25)22-17(12-3-2-4-12)13-5-7-15(19)8-6-13/h5-9,11-12,16-17,24H,2-4,10H2,1H3,(H2,20,22,25)/t16-,17-/m0/s1. The zero-order valence-electron chi connectivity index (χ0n) is 14.2. The largest absolute Gasteiger partial charge is 0.386 e. The number of hydrogen-bond donors (Lipinski definition) is 3. The summed E-state index contributed by atoms with van der Waals surface area (Å²) in [6.45, 7) is 0.0956. The Bertz CT molecular complexity index is 712. The van der Waals surface area contributed by atoms with Crippen molar-refractivity contribution < 1.29 is 14.3 Å². The molecule has 1 aromatic carbocycles. The lowest BCUT2D eigenvalue weighted by Gasteiger charge is -2.34. The zero-order valence-corrected chi connectivity index (χ0v) is 14.2. The van der Waals surface area contributed by atoms with Gasteiger partial charge in [-0.05, 0) is 36.5 Å². The number of nitrogens with one attached hydrogen (secondary N) is 2. The number of hydrogen-bond acceptors (Lipinski definition) is 3. The fourth-order valence-electron chi connectivity index (χ4n) is 3.03. The van der Waals surface area contributed by atoms with Gasteiger partial charge >= 0.3 is 6.03 Å². The number of aryl methyl sites for hydroxylation is 1. The fourth-order valence-corrected chi connectivity index (χ4v) is 3.03. The number of carbonyl (C=O) groups excluding carboxylic acids is 1. The molecule has 3 rings (SSSR count). The van der Waals surface area contributed by atoms with Crippen molar-refractivity contribution in [2.24, 2.45) is 13.0 Å². The van der Waals surface area contributed by atoms with Crippen LogP contribution in [0.5, 0.6) is 0 Å². The van der Waals surface area contributed by atoms with Crippen molar-refractivity contribution in [1.82, 2.24) is 20.4 Å². The van der Waals surface area contributed by atoms with E-state index < -0.39 is 6.10 Å². The summed E-state index contributed by atoms with van der Waals surface area (Å²) in [5.41, 5.74) is 1.55. The molecule has 7 heteroatoms. The van der Waals surface area contributed by atoms with E-state index in [-0.39, 0.29) is 24.4 Å². The topological polar surface area (TPSA) is 79.2 Å². The second-order valence-corrected chi connectivity index (χ2v) is 6.54. The van der Waals surface area contributed by atoms with Crippen LogP contribution in [0.4, 0.5) is 9.18 Å². The van der Waals surface area contributed by atoms with Crippen LogP contribution in [0.2, 0.25) is 0 Å². The smallest absolute Gasteiger partial charge is 0.315 e. The number of urea groups is 1. The summed E-state index contributed by atoms with van der Waals surface area (Å²) in [6, 6.07) is 5.75. The van der Waals surface area contributed by atoms with E-state index >= 15 is 0 Å². The lowest BCUT2D eigenvalue weighted by atomic mass is 9.77. The second kappa shape index (κ2) is 7.65. The summed E-state index contributed by atoms with van der Waals surface area (Å²) >= 11 is 0. The summed E-state index contributed by atoms with van der Waals surface area (Å²) in [7, 11) is 1.77. The van der Waals surface area contributed by atoms with E-state index in [1.165, 1.54) is 12.1 Å². The number of aliphatic hydroxyl groups is 1. The summed E-state index contributed by atoms with van der Waals surface area (Å²) in [4.78, 5) is 12.3. The monoisotopic (exact) mass is 346 g/mol. The third-order valence-corrected chi connectivity index (χ3v) is 4.70. The number of carbonyl (C=O) groups is 1. The van der Waals surface area contributed by atoms with Crippen LogP contribution in [0.1, 0.15) is 42.5 Å². The Morgan fingerprint density at radius 3 is 2.64 bits per heavy atom. The minimum absolute atomic E-state index is 0.0956. The lowest BCUT2D eigenvalue weighted by Crippen LogP contribution is -2.43. The maximum absolute atomic E-state index is 13.1. The number of benzene rings is 1. The number of aromatic nitrogens is 2. The molecule has 1 aliphatic carbocycles. The quantitative estimate of drug-likeness (QED) is 0.752. The first-order valence-electron chi connectivity index (χ1n) is 8.49. The normalized spacial score (nSPS) is 16.8. The average Bonchev–Trinajstić information content (AvgIpc) is 2.98. The molecule has 0 unspecified atom stereocenters. The molecular formula is C18H23FN4O2. The van der Waals surface area contributed by atoms with Gasteiger partial charge in [0.05, 0.1) is 18.3 Å². The van der Waals surface area contributed by atoms with Crippen LogP contribution in [0.25, 0.3) is 0 Å². The Morgan fingerprint density at radius 2 is 2.08 bits per heavy atom. The highest BCUT2D eigenvalue weighted by Gasteiger charge is 2.29. The van der Waals surface area contributed by atoms with Gasteiger partial charge in [0.1, 0.15) is 5.82 Å².